The Hall–Kier alpha value is -3.25. The van der Waals surface area contributed by atoms with Crippen LogP contribution in [-0.4, -0.2) is 42.2 Å². The molecule has 0 aliphatic carbocycles. The van der Waals surface area contributed by atoms with E-state index in [1.165, 1.54) is 17.3 Å². The summed E-state index contributed by atoms with van der Waals surface area (Å²) in [4.78, 5) is 29.9. The first-order valence-corrected chi connectivity index (χ1v) is 13.3. The van der Waals surface area contributed by atoms with E-state index < -0.39 is 6.04 Å². The van der Waals surface area contributed by atoms with Crippen LogP contribution in [0.2, 0.25) is 0 Å². The SMILES string of the molecule is COc1cccc(CN(C(=O)CSc2ccc(C)cc2)C(Cc2ccccc2)C(=O)NCC(C)C)c1. The third-order valence-electron chi connectivity index (χ3n) is 5.83. The predicted molar refractivity (Wildman–Crippen MR) is 147 cm³/mol. The Labute approximate surface area is 219 Å². The molecule has 36 heavy (non-hydrogen) atoms. The summed E-state index contributed by atoms with van der Waals surface area (Å²) in [5.74, 6) is 1.06. The van der Waals surface area contributed by atoms with Crippen molar-refractivity contribution in [2.45, 2.75) is 44.7 Å². The summed E-state index contributed by atoms with van der Waals surface area (Å²) in [5.41, 5.74) is 3.10. The van der Waals surface area contributed by atoms with Gasteiger partial charge >= 0.3 is 0 Å². The molecule has 0 bridgehead atoms. The van der Waals surface area contributed by atoms with Gasteiger partial charge in [-0.25, -0.2) is 0 Å². The zero-order valence-corrected chi connectivity index (χ0v) is 22.4. The van der Waals surface area contributed by atoms with Gasteiger partial charge in [-0.3, -0.25) is 9.59 Å². The predicted octanol–water partition coefficient (Wildman–Crippen LogP) is 5.51. The lowest BCUT2D eigenvalue weighted by Crippen LogP contribution is -2.51. The minimum atomic E-state index is -0.636. The highest BCUT2D eigenvalue weighted by Crippen LogP contribution is 2.22. The van der Waals surface area contributed by atoms with Crippen LogP contribution >= 0.6 is 11.8 Å². The van der Waals surface area contributed by atoms with Gasteiger partial charge in [0.15, 0.2) is 0 Å². The van der Waals surface area contributed by atoms with Crippen molar-refractivity contribution in [2.24, 2.45) is 5.92 Å². The molecule has 0 aromatic heterocycles. The topological polar surface area (TPSA) is 58.6 Å². The average Bonchev–Trinajstić information content (AvgIpc) is 2.89. The van der Waals surface area contributed by atoms with E-state index in [4.69, 9.17) is 4.74 Å². The smallest absolute Gasteiger partial charge is 0.243 e. The lowest BCUT2D eigenvalue weighted by molar-refractivity contribution is -0.139. The fourth-order valence-electron chi connectivity index (χ4n) is 3.81. The van der Waals surface area contributed by atoms with Crippen LogP contribution in [0.3, 0.4) is 0 Å². The summed E-state index contributed by atoms with van der Waals surface area (Å²) < 4.78 is 5.39. The number of ether oxygens (including phenoxy) is 1. The third-order valence-corrected chi connectivity index (χ3v) is 6.82. The molecule has 5 nitrogen and oxygen atoms in total. The number of aryl methyl sites for hydroxylation is 1. The Morgan fingerprint density at radius 3 is 2.31 bits per heavy atom. The van der Waals surface area contributed by atoms with Crippen molar-refractivity contribution < 1.29 is 14.3 Å². The summed E-state index contributed by atoms with van der Waals surface area (Å²) >= 11 is 1.49. The zero-order valence-electron chi connectivity index (χ0n) is 21.6. The highest BCUT2D eigenvalue weighted by molar-refractivity contribution is 8.00. The molecule has 190 valence electrons. The van der Waals surface area contributed by atoms with Crippen molar-refractivity contribution in [3.8, 4) is 5.75 Å². The molecule has 0 radical (unpaired) electrons. The maximum atomic E-state index is 13.7. The first-order valence-electron chi connectivity index (χ1n) is 12.3. The van der Waals surface area contributed by atoms with Crippen LogP contribution in [0.1, 0.15) is 30.5 Å². The van der Waals surface area contributed by atoms with E-state index >= 15 is 0 Å². The van der Waals surface area contributed by atoms with E-state index in [0.29, 0.717) is 25.4 Å². The van der Waals surface area contributed by atoms with Crippen LogP contribution in [0.25, 0.3) is 0 Å². The number of amides is 2. The molecule has 0 aliphatic rings. The van der Waals surface area contributed by atoms with Crippen molar-refractivity contribution in [1.82, 2.24) is 10.2 Å². The second-order valence-corrected chi connectivity index (χ2v) is 10.4. The van der Waals surface area contributed by atoms with E-state index in [-0.39, 0.29) is 17.6 Å². The van der Waals surface area contributed by atoms with Gasteiger partial charge in [0, 0.05) is 24.4 Å². The molecule has 0 saturated carbocycles. The second-order valence-electron chi connectivity index (χ2n) is 9.32. The van der Waals surface area contributed by atoms with Gasteiger partial charge in [-0.2, -0.15) is 0 Å². The van der Waals surface area contributed by atoms with E-state index in [1.54, 1.807) is 12.0 Å². The van der Waals surface area contributed by atoms with E-state index in [9.17, 15) is 9.59 Å². The number of thioether (sulfide) groups is 1. The second kappa shape index (κ2) is 13.7. The molecule has 3 aromatic rings. The Morgan fingerprint density at radius 1 is 0.944 bits per heavy atom. The Balaban J connectivity index is 1.90. The van der Waals surface area contributed by atoms with Gasteiger partial charge < -0.3 is 15.0 Å². The summed E-state index contributed by atoms with van der Waals surface area (Å²) in [6, 6.07) is 25.0. The number of rotatable bonds is 12. The molecule has 3 rings (SSSR count). The number of hydrogen-bond acceptors (Lipinski definition) is 4. The van der Waals surface area contributed by atoms with E-state index in [0.717, 1.165) is 21.8 Å². The van der Waals surface area contributed by atoms with Gasteiger partial charge in [-0.1, -0.05) is 74.0 Å². The molecule has 0 fully saturated rings. The average molecular weight is 505 g/mol. The first-order chi connectivity index (χ1) is 17.4. The van der Waals surface area contributed by atoms with Crippen LogP contribution in [0, 0.1) is 12.8 Å². The molecule has 1 atom stereocenters. The minimum Gasteiger partial charge on any atom is -0.497 e. The summed E-state index contributed by atoms with van der Waals surface area (Å²) in [7, 11) is 1.62. The van der Waals surface area contributed by atoms with Gasteiger partial charge in [0.2, 0.25) is 11.8 Å². The standard InChI is InChI=1S/C30H36N2O3S/c1-22(2)19-31-30(34)28(18-24-9-6-5-7-10-24)32(20-25-11-8-12-26(17-25)35-4)29(33)21-36-27-15-13-23(3)14-16-27/h5-17,22,28H,18-21H2,1-4H3,(H,31,34). The number of carbonyl (C=O) groups is 2. The van der Waals surface area contributed by atoms with Crippen molar-refractivity contribution in [2.75, 3.05) is 19.4 Å². The largest absolute Gasteiger partial charge is 0.497 e. The number of hydrogen-bond donors (Lipinski definition) is 1. The number of methoxy groups -OCH3 is 1. The van der Waals surface area contributed by atoms with E-state index in [1.807, 2.05) is 85.8 Å². The van der Waals surface area contributed by atoms with Gasteiger partial charge in [-0.15, -0.1) is 11.8 Å². The molecule has 0 saturated heterocycles. The molecular formula is C30H36N2O3S. The maximum Gasteiger partial charge on any atom is 0.243 e. The highest BCUT2D eigenvalue weighted by atomic mass is 32.2. The van der Waals surface area contributed by atoms with E-state index in [2.05, 4.69) is 19.2 Å². The molecule has 1 N–H and O–H groups in total. The van der Waals surface area contributed by atoms with Crippen LogP contribution < -0.4 is 10.1 Å². The molecule has 3 aromatic carbocycles. The van der Waals surface area contributed by atoms with Crippen LogP contribution in [0.4, 0.5) is 0 Å². The zero-order chi connectivity index (χ0) is 25.9. The van der Waals surface area contributed by atoms with Crippen LogP contribution in [-0.2, 0) is 22.6 Å². The summed E-state index contributed by atoms with van der Waals surface area (Å²) in [6.07, 6.45) is 0.440. The lowest BCUT2D eigenvalue weighted by Gasteiger charge is -2.32. The van der Waals surface area contributed by atoms with Crippen molar-refractivity contribution in [3.05, 3.63) is 95.6 Å². The minimum absolute atomic E-state index is 0.0796. The molecular weight excluding hydrogens is 468 g/mol. The van der Waals surface area contributed by atoms with Crippen LogP contribution in [0.15, 0.2) is 83.8 Å². The van der Waals surface area contributed by atoms with Gasteiger partial charge in [0.05, 0.1) is 12.9 Å². The quantitative estimate of drug-likeness (QED) is 0.331. The fourth-order valence-corrected chi connectivity index (χ4v) is 4.59. The lowest BCUT2D eigenvalue weighted by atomic mass is 10.0. The highest BCUT2D eigenvalue weighted by Gasteiger charge is 2.30. The van der Waals surface area contributed by atoms with Gasteiger partial charge in [-0.05, 0) is 48.2 Å². The Kier molecular flexibility index (Phi) is 10.4. The van der Waals surface area contributed by atoms with Crippen LogP contribution in [0.5, 0.6) is 5.75 Å². The normalized spacial score (nSPS) is 11.7. The maximum absolute atomic E-state index is 13.7. The van der Waals surface area contributed by atoms with Gasteiger partial charge in [0.25, 0.3) is 0 Å². The summed E-state index contributed by atoms with van der Waals surface area (Å²) in [5, 5.41) is 3.06. The fraction of sp³-hybridized carbons (Fsp3) is 0.333. The number of nitrogens with one attached hydrogen (secondary N) is 1. The monoisotopic (exact) mass is 504 g/mol. The van der Waals surface area contributed by atoms with Crippen molar-refractivity contribution in [1.29, 1.82) is 0 Å². The third kappa shape index (κ3) is 8.45. The molecule has 0 heterocycles. The van der Waals surface area contributed by atoms with Gasteiger partial charge in [0.1, 0.15) is 11.8 Å². The number of benzene rings is 3. The van der Waals surface area contributed by atoms with Crippen molar-refractivity contribution >= 4 is 23.6 Å². The molecule has 0 aliphatic heterocycles. The summed E-state index contributed by atoms with van der Waals surface area (Å²) in [6.45, 7) is 7.04. The molecule has 6 heteroatoms. The number of carbonyl (C=O) groups excluding carboxylic acids is 2. The van der Waals surface area contributed by atoms with Crippen molar-refractivity contribution in [3.63, 3.8) is 0 Å². The number of nitrogens with zero attached hydrogens (tertiary/aromatic N) is 1. The molecule has 1 unspecified atom stereocenters. The Bertz CT molecular complexity index is 1120. The molecule has 2 amide bonds. The Morgan fingerprint density at radius 2 is 1.64 bits per heavy atom. The first kappa shape index (κ1) is 27.3. The molecule has 0 spiro atoms.